The van der Waals surface area contributed by atoms with Crippen molar-refractivity contribution in [2.24, 2.45) is 4.99 Å². The van der Waals surface area contributed by atoms with E-state index in [0.717, 1.165) is 12.0 Å². The first-order chi connectivity index (χ1) is 10.8. The second-order valence-electron chi connectivity index (χ2n) is 5.31. The molecular weight excluding hydrogens is 274 g/mol. The first kappa shape index (κ1) is 14.3. The van der Waals surface area contributed by atoms with E-state index in [1.165, 1.54) is 33.9 Å². The van der Waals surface area contributed by atoms with E-state index in [4.69, 9.17) is 4.74 Å². The maximum absolute atomic E-state index is 10.00. The van der Waals surface area contributed by atoms with Gasteiger partial charge in [-0.1, -0.05) is 42.5 Å². The highest BCUT2D eigenvalue weighted by atomic mass is 16.5. The molecule has 2 aromatic carbocycles. The number of nitrogens with zero attached hydrogens (tertiary/aromatic N) is 1. The van der Waals surface area contributed by atoms with Crippen molar-refractivity contribution in [3.63, 3.8) is 0 Å². The van der Waals surface area contributed by atoms with Crippen molar-refractivity contribution in [3.05, 3.63) is 65.4 Å². The zero-order valence-corrected chi connectivity index (χ0v) is 12.5. The number of ether oxygens (including phenoxy) is 1. The number of carbonyl (C=O) groups excluding carboxylic acids is 1. The topological polar surface area (TPSA) is 38.7 Å². The molecule has 0 aliphatic heterocycles. The summed E-state index contributed by atoms with van der Waals surface area (Å²) < 4.78 is 5.45. The summed E-state index contributed by atoms with van der Waals surface area (Å²) in [7, 11) is 0. The number of hydrogen-bond acceptors (Lipinski definition) is 3. The van der Waals surface area contributed by atoms with Crippen molar-refractivity contribution in [2.45, 2.75) is 13.3 Å². The summed E-state index contributed by atoms with van der Waals surface area (Å²) >= 11 is 0. The number of fused-ring (bicyclic) bond motifs is 3. The van der Waals surface area contributed by atoms with Crippen LogP contribution < -0.4 is 0 Å². The molecule has 1 aliphatic rings. The Morgan fingerprint density at radius 1 is 1.23 bits per heavy atom. The predicted octanol–water partition coefficient (Wildman–Crippen LogP) is 3.97. The number of benzene rings is 2. The highest BCUT2D eigenvalue weighted by molar-refractivity contribution is 5.82. The molecule has 0 unspecified atom stereocenters. The van der Waals surface area contributed by atoms with Crippen LogP contribution in [0.1, 0.15) is 23.6 Å². The first-order valence-electron chi connectivity index (χ1n) is 7.34. The monoisotopic (exact) mass is 291 g/mol. The zero-order valence-electron chi connectivity index (χ0n) is 12.5. The fourth-order valence-corrected chi connectivity index (χ4v) is 2.92. The molecule has 0 fully saturated rings. The van der Waals surface area contributed by atoms with Crippen LogP contribution in [-0.2, 0) is 16.0 Å². The molecule has 0 atom stereocenters. The third-order valence-electron chi connectivity index (χ3n) is 3.92. The van der Waals surface area contributed by atoms with Crippen molar-refractivity contribution in [1.82, 2.24) is 0 Å². The second kappa shape index (κ2) is 6.42. The van der Waals surface area contributed by atoms with Crippen molar-refractivity contribution in [3.8, 4) is 11.1 Å². The summed E-state index contributed by atoms with van der Waals surface area (Å²) in [6.45, 7) is 2.77. The van der Waals surface area contributed by atoms with Gasteiger partial charge in [0.05, 0.1) is 12.8 Å². The van der Waals surface area contributed by atoms with Crippen molar-refractivity contribution in [1.29, 1.82) is 0 Å². The lowest BCUT2D eigenvalue weighted by molar-refractivity contribution is 0.261. The summed E-state index contributed by atoms with van der Waals surface area (Å²) in [5.74, 6) is 0. The maximum atomic E-state index is 10.00. The fourth-order valence-electron chi connectivity index (χ4n) is 2.92. The van der Waals surface area contributed by atoms with Gasteiger partial charge in [0.25, 0.3) is 0 Å². The first-order valence-corrected chi connectivity index (χ1v) is 7.34. The van der Waals surface area contributed by atoms with Crippen LogP contribution >= 0.6 is 0 Å². The summed E-state index contributed by atoms with van der Waals surface area (Å²) in [5, 5.41) is 0. The van der Waals surface area contributed by atoms with Gasteiger partial charge in [-0.05, 0) is 46.7 Å². The number of hydrogen-bond donors (Lipinski definition) is 0. The molecule has 3 rings (SSSR count). The molecule has 0 N–H and O–H groups in total. The summed E-state index contributed by atoms with van der Waals surface area (Å²) in [4.78, 5) is 13.5. The summed E-state index contributed by atoms with van der Waals surface area (Å²) in [6, 6.07) is 14.9. The minimum Gasteiger partial charge on any atom is -0.499 e. The molecule has 0 saturated heterocycles. The quantitative estimate of drug-likeness (QED) is 0.309. The van der Waals surface area contributed by atoms with Crippen LogP contribution in [0.15, 0.2) is 53.7 Å². The molecule has 0 bridgehead atoms. The van der Waals surface area contributed by atoms with Crippen molar-refractivity contribution in [2.75, 3.05) is 13.2 Å². The zero-order chi connectivity index (χ0) is 15.4. The molecule has 0 spiro atoms. The molecule has 110 valence electrons. The van der Waals surface area contributed by atoms with Gasteiger partial charge in [0.15, 0.2) is 0 Å². The summed E-state index contributed by atoms with van der Waals surface area (Å²) in [5.41, 5.74) is 7.66. The fraction of sp³-hybridized carbons (Fsp3) is 0.211. The molecule has 2 aromatic rings. The Morgan fingerprint density at radius 3 is 2.91 bits per heavy atom. The van der Waals surface area contributed by atoms with E-state index in [1.807, 2.05) is 6.92 Å². The molecular formula is C19H17NO2. The van der Waals surface area contributed by atoms with Crippen LogP contribution in [0.4, 0.5) is 0 Å². The van der Waals surface area contributed by atoms with Crippen LogP contribution in [0.5, 0.6) is 0 Å². The lowest BCUT2D eigenvalue weighted by atomic mass is 9.97. The highest BCUT2D eigenvalue weighted by Gasteiger charge is 2.20. The van der Waals surface area contributed by atoms with Gasteiger partial charge in [-0.15, -0.1) is 0 Å². The highest BCUT2D eigenvalue weighted by Crippen LogP contribution is 2.39. The molecule has 3 nitrogen and oxygen atoms in total. The van der Waals surface area contributed by atoms with E-state index in [1.54, 1.807) is 6.26 Å². The van der Waals surface area contributed by atoms with Gasteiger partial charge >= 0.3 is 0 Å². The van der Waals surface area contributed by atoms with Gasteiger partial charge in [0.1, 0.15) is 6.61 Å². The number of rotatable bonds is 5. The van der Waals surface area contributed by atoms with Crippen molar-refractivity contribution >= 4 is 11.7 Å². The standard InChI is InChI=1S/C19H17NO2/c1-14(12-22-10-9-20-13-21)16-7-4-8-18-17-6-3-2-5-15(17)11-19(16)18/h2-8,12H,9-11H2,1H3. The number of aliphatic imine (C=N–C) groups is 1. The van der Waals surface area contributed by atoms with Gasteiger partial charge in [-0.3, -0.25) is 0 Å². The second-order valence-corrected chi connectivity index (χ2v) is 5.31. The average Bonchev–Trinajstić information content (AvgIpc) is 2.93. The predicted molar refractivity (Wildman–Crippen MR) is 87.3 cm³/mol. The normalized spacial score (nSPS) is 12.3. The van der Waals surface area contributed by atoms with E-state index < -0.39 is 0 Å². The smallest absolute Gasteiger partial charge is 0.235 e. The van der Waals surface area contributed by atoms with Crippen molar-refractivity contribution < 1.29 is 9.53 Å². The van der Waals surface area contributed by atoms with Gasteiger partial charge in [-0.25, -0.2) is 9.79 Å². The van der Waals surface area contributed by atoms with Gasteiger partial charge in [0.2, 0.25) is 6.08 Å². The van der Waals surface area contributed by atoms with E-state index in [9.17, 15) is 4.79 Å². The molecule has 1 aliphatic carbocycles. The third kappa shape index (κ3) is 2.72. The molecule has 0 heterocycles. The van der Waals surface area contributed by atoms with Crippen LogP contribution in [0.3, 0.4) is 0 Å². The Hall–Kier alpha value is -2.64. The Balaban J connectivity index is 1.85. The van der Waals surface area contributed by atoms with Crippen LogP contribution in [0.25, 0.3) is 16.7 Å². The van der Waals surface area contributed by atoms with Gasteiger partial charge in [-0.2, -0.15) is 0 Å². The molecule has 0 saturated carbocycles. The Morgan fingerprint density at radius 2 is 2.05 bits per heavy atom. The Labute approximate surface area is 130 Å². The number of isocyanates is 1. The SMILES string of the molecule is CC(=COCCN=C=O)c1cccc2c1Cc1ccccc1-2. The van der Waals surface area contributed by atoms with Gasteiger partial charge in [0, 0.05) is 0 Å². The minimum atomic E-state index is 0.339. The van der Waals surface area contributed by atoms with Crippen LogP contribution in [-0.4, -0.2) is 19.2 Å². The van der Waals surface area contributed by atoms with E-state index in [0.29, 0.717) is 13.2 Å². The largest absolute Gasteiger partial charge is 0.499 e. The Bertz CT molecular complexity index is 771. The lowest BCUT2D eigenvalue weighted by Gasteiger charge is -2.09. The average molecular weight is 291 g/mol. The van der Waals surface area contributed by atoms with E-state index in [2.05, 4.69) is 47.5 Å². The number of allylic oxidation sites excluding steroid dienone is 1. The van der Waals surface area contributed by atoms with Crippen LogP contribution in [0.2, 0.25) is 0 Å². The van der Waals surface area contributed by atoms with Crippen LogP contribution in [0, 0.1) is 0 Å². The minimum absolute atomic E-state index is 0.339. The molecule has 22 heavy (non-hydrogen) atoms. The maximum Gasteiger partial charge on any atom is 0.235 e. The van der Waals surface area contributed by atoms with Gasteiger partial charge < -0.3 is 4.74 Å². The molecule has 3 heteroatoms. The summed E-state index contributed by atoms with van der Waals surface area (Å²) in [6.07, 6.45) is 4.22. The van der Waals surface area contributed by atoms with E-state index in [-0.39, 0.29) is 0 Å². The Kier molecular flexibility index (Phi) is 4.17. The lowest BCUT2D eigenvalue weighted by Crippen LogP contribution is -1.94. The molecule has 0 radical (unpaired) electrons. The van der Waals surface area contributed by atoms with E-state index >= 15 is 0 Å². The third-order valence-corrected chi connectivity index (χ3v) is 3.92. The molecule has 0 amide bonds. The molecule has 0 aromatic heterocycles.